The molecule has 0 saturated heterocycles. The van der Waals surface area contributed by atoms with Gasteiger partial charge in [-0.15, -0.1) is 0 Å². The SMILES string of the molecule is Cc1ccc(Nc2ncnc(Nc3ccc(C)cn3)c2N)cc1. The Morgan fingerprint density at radius 1 is 0.783 bits per heavy atom. The molecule has 0 amide bonds. The summed E-state index contributed by atoms with van der Waals surface area (Å²) in [6.45, 7) is 4.03. The molecule has 0 saturated carbocycles. The Morgan fingerprint density at radius 3 is 2.09 bits per heavy atom. The molecule has 0 aliphatic carbocycles. The van der Waals surface area contributed by atoms with Gasteiger partial charge in [0.25, 0.3) is 0 Å². The van der Waals surface area contributed by atoms with Gasteiger partial charge in [-0.2, -0.15) is 0 Å². The lowest BCUT2D eigenvalue weighted by molar-refractivity contribution is 1.16. The van der Waals surface area contributed by atoms with Gasteiger partial charge in [0.2, 0.25) is 0 Å². The van der Waals surface area contributed by atoms with Crippen LogP contribution in [0.15, 0.2) is 48.9 Å². The summed E-state index contributed by atoms with van der Waals surface area (Å²) in [6.07, 6.45) is 3.24. The number of anilines is 5. The summed E-state index contributed by atoms with van der Waals surface area (Å²) in [5.74, 6) is 1.76. The van der Waals surface area contributed by atoms with Gasteiger partial charge in [0.05, 0.1) is 0 Å². The van der Waals surface area contributed by atoms with Gasteiger partial charge in [-0.05, 0) is 37.6 Å². The summed E-state index contributed by atoms with van der Waals surface area (Å²) in [4.78, 5) is 12.7. The van der Waals surface area contributed by atoms with E-state index in [1.807, 2.05) is 50.2 Å². The van der Waals surface area contributed by atoms with E-state index < -0.39 is 0 Å². The minimum atomic E-state index is 0.440. The van der Waals surface area contributed by atoms with Gasteiger partial charge in [0, 0.05) is 11.9 Å². The number of benzene rings is 1. The maximum Gasteiger partial charge on any atom is 0.160 e. The average Bonchev–Trinajstić information content (AvgIpc) is 2.55. The molecule has 0 radical (unpaired) electrons. The number of hydrogen-bond donors (Lipinski definition) is 3. The van der Waals surface area contributed by atoms with Crippen LogP contribution in [-0.4, -0.2) is 15.0 Å². The second-order valence-electron chi connectivity index (χ2n) is 5.32. The van der Waals surface area contributed by atoms with E-state index >= 15 is 0 Å². The van der Waals surface area contributed by atoms with Crippen LogP contribution in [0.4, 0.5) is 28.8 Å². The Morgan fingerprint density at radius 2 is 1.43 bits per heavy atom. The van der Waals surface area contributed by atoms with E-state index in [2.05, 4.69) is 25.6 Å². The summed E-state index contributed by atoms with van der Waals surface area (Å²) in [7, 11) is 0. The average molecular weight is 306 g/mol. The second kappa shape index (κ2) is 6.31. The lowest BCUT2D eigenvalue weighted by Crippen LogP contribution is -2.05. The zero-order valence-corrected chi connectivity index (χ0v) is 13.0. The van der Waals surface area contributed by atoms with Gasteiger partial charge in [-0.1, -0.05) is 23.8 Å². The lowest BCUT2D eigenvalue weighted by Gasteiger charge is -2.12. The fraction of sp³-hybridized carbons (Fsp3) is 0.118. The molecule has 0 spiro atoms. The van der Waals surface area contributed by atoms with Crippen molar-refractivity contribution in [3.63, 3.8) is 0 Å². The Kier molecular flexibility index (Phi) is 4.05. The number of hydrogen-bond acceptors (Lipinski definition) is 6. The summed E-state index contributed by atoms with van der Waals surface area (Å²) >= 11 is 0. The van der Waals surface area contributed by atoms with Crippen molar-refractivity contribution in [1.82, 2.24) is 15.0 Å². The van der Waals surface area contributed by atoms with E-state index in [9.17, 15) is 0 Å². The molecule has 1 aromatic carbocycles. The van der Waals surface area contributed by atoms with Crippen LogP contribution in [0.2, 0.25) is 0 Å². The first kappa shape index (κ1) is 14.8. The van der Waals surface area contributed by atoms with Crippen molar-refractivity contribution >= 4 is 28.8 Å². The Hall–Kier alpha value is -3.15. The maximum absolute atomic E-state index is 6.16. The highest BCUT2D eigenvalue weighted by Gasteiger charge is 2.09. The number of pyridine rings is 1. The molecule has 0 aliphatic heterocycles. The fourth-order valence-corrected chi connectivity index (χ4v) is 2.03. The smallest absolute Gasteiger partial charge is 0.160 e. The molecule has 0 atom stereocenters. The van der Waals surface area contributed by atoms with E-state index in [0.717, 1.165) is 11.3 Å². The van der Waals surface area contributed by atoms with Crippen molar-refractivity contribution in [3.05, 3.63) is 60.0 Å². The molecule has 6 heteroatoms. The van der Waals surface area contributed by atoms with E-state index in [1.54, 1.807) is 6.20 Å². The summed E-state index contributed by atoms with van der Waals surface area (Å²) in [5.41, 5.74) is 9.80. The van der Waals surface area contributed by atoms with Gasteiger partial charge < -0.3 is 16.4 Å². The third kappa shape index (κ3) is 3.55. The number of nitrogens with two attached hydrogens (primary N) is 1. The molecule has 0 unspecified atom stereocenters. The first-order chi connectivity index (χ1) is 11.1. The van der Waals surface area contributed by atoms with Crippen LogP contribution in [0, 0.1) is 13.8 Å². The molecule has 2 heterocycles. The lowest BCUT2D eigenvalue weighted by atomic mass is 10.2. The highest BCUT2D eigenvalue weighted by Crippen LogP contribution is 2.27. The van der Waals surface area contributed by atoms with Gasteiger partial charge in [-0.3, -0.25) is 0 Å². The number of nitrogens with one attached hydrogen (secondary N) is 2. The maximum atomic E-state index is 6.16. The normalized spacial score (nSPS) is 10.3. The predicted molar refractivity (Wildman–Crippen MR) is 93.2 cm³/mol. The van der Waals surface area contributed by atoms with Crippen LogP contribution in [-0.2, 0) is 0 Å². The van der Waals surface area contributed by atoms with Crippen molar-refractivity contribution in [1.29, 1.82) is 0 Å². The van der Waals surface area contributed by atoms with Crippen molar-refractivity contribution < 1.29 is 0 Å². The summed E-state index contributed by atoms with van der Waals surface area (Å²) in [6, 6.07) is 11.9. The van der Waals surface area contributed by atoms with Crippen molar-refractivity contribution in [3.8, 4) is 0 Å². The molecule has 0 aliphatic rings. The molecule has 3 aromatic rings. The monoisotopic (exact) mass is 306 g/mol. The van der Waals surface area contributed by atoms with Crippen molar-refractivity contribution in [2.24, 2.45) is 0 Å². The summed E-state index contributed by atoms with van der Waals surface area (Å²) in [5, 5.41) is 6.31. The molecule has 2 aromatic heterocycles. The minimum absolute atomic E-state index is 0.440. The third-order valence-corrected chi connectivity index (χ3v) is 3.36. The number of nitrogen functional groups attached to an aromatic ring is 1. The molecule has 0 fully saturated rings. The molecular weight excluding hydrogens is 288 g/mol. The topological polar surface area (TPSA) is 88.8 Å². The Balaban J connectivity index is 1.83. The molecule has 0 bridgehead atoms. The van der Waals surface area contributed by atoms with Crippen LogP contribution in [0.1, 0.15) is 11.1 Å². The van der Waals surface area contributed by atoms with E-state index in [1.165, 1.54) is 11.9 Å². The number of aryl methyl sites for hydroxylation is 2. The van der Waals surface area contributed by atoms with Crippen LogP contribution in [0.5, 0.6) is 0 Å². The van der Waals surface area contributed by atoms with Crippen LogP contribution in [0.3, 0.4) is 0 Å². The first-order valence-corrected chi connectivity index (χ1v) is 7.25. The number of rotatable bonds is 4. The van der Waals surface area contributed by atoms with Crippen molar-refractivity contribution in [2.75, 3.05) is 16.4 Å². The third-order valence-electron chi connectivity index (χ3n) is 3.36. The van der Waals surface area contributed by atoms with Crippen LogP contribution >= 0.6 is 0 Å². The molecule has 116 valence electrons. The van der Waals surface area contributed by atoms with Crippen LogP contribution in [0.25, 0.3) is 0 Å². The largest absolute Gasteiger partial charge is 0.393 e. The standard InChI is InChI=1S/C17H18N6/c1-11-3-6-13(7-4-11)22-16-15(18)17(21-10-20-16)23-14-8-5-12(2)9-19-14/h3-10H,18H2,1-2H3,(H2,19,20,21,22,23). The van der Waals surface area contributed by atoms with E-state index in [-0.39, 0.29) is 0 Å². The quantitative estimate of drug-likeness (QED) is 0.683. The van der Waals surface area contributed by atoms with Crippen molar-refractivity contribution in [2.45, 2.75) is 13.8 Å². The molecule has 3 rings (SSSR count). The van der Waals surface area contributed by atoms with Gasteiger partial charge in [-0.25, -0.2) is 15.0 Å². The molecule has 23 heavy (non-hydrogen) atoms. The Bertz CT molecular complexity index is 731. The van der Waals surface area contributed by atoms with Gasteiger partial charge in [0.1, 0.15) is 17.8 Å². The minimum Gasteiger partial charge on any atom is -0.393 e. The number of nitrogens with zero attached hydrogens (tertiary/aromatic N) is 3. The highest BCUT2D eigenvalue weighted by molar-refractivity contribution is 5.79. The Labute approximate surface area is 134 Å². The zero-order valence-electron chi connectivity index (χ0n) is 13.0. The molecule has 6 nitrogen and oxygen atoms in total. The van der Waals surface area contributed by atoms with Crippen LogP contribution < -0.4 is 16.4 Å². The van der Waals surface area contributed by atoms with Gasteiger partial charge >= 0.3 is 0 Å². The predicted octanol–water partition coefficient (Wildman–Crippen LogP) is 3.56. The van der Waals surface area contributed by atoms with E-state index in [4.69, 9.17) is 5.73 Å². The number of aromatic nitrogens is 3. The first-order valence-electron chi connectivity index (χ1n) is 7.25. The molecule has 4 N–H and O–H groups in total. The second-order valence-corrected chi connectivity index (χ2v) is 5.32. The molecular formula is C17H18N6. The fourth-order valence-electron chi connectivity index (χ4n) is 2.03. The summed E-state index contributed by atoms with van der Waals surface area (Å²) < 4.78 is 0. The van der Waals surface area contributed by atoms with Gasteiger partial charge in [0.15, 0.2) is 11.6 Å². The highest BCUT2D eigenvalue weighted by atomic mass is 15.1. The van der Waals surface area contributed by atoms with E-state index in [0.29, 0.717) is 23.1 Å². The zero-order chi connectivity index (χ0) is 16.2.